The number of anilines is 1. The van der Waals surface area contributed by atoms with Crippen molar-refractivity contribution in [3.8, 4) is 0 Å². The van der Waals surface area contributed by atoms with Gasteiger partial charge in [0.05, 0.1) is 0 Å². The molecule has 1 rings (SSSR count). The largest absolute Gasteiger partial charge is 0.389 e. The van der Waals surface area contributed by atoms with Gasteiger partial charge in [0.1, 0.15) is 4.99 Å². The predicted octanol–water partition coefficient (Wildman–Crippen LogP) is 3.11. The maximum Gasteiger partial charge on any atom is 0.106 e. The topological polar surface area (TPSA) is 29.3 Å². The van der Waals surface area contributed by atoms with Gasteiger partial charge in [-0.25, -0.2) is 0 Å². The first-order valence-electron chi connectivity index (χ1n) is 5.98. The third-order valence-corrected chi connectivity index (χ3v) is 3.59. The molecule has 1 atom stereocenters. The highest BCUT2D eigenvalue weighted by Crippen LogP contribution is 2.24. The summed E-state index contributed by atoms with van der Waals surface area (Å²) in [7, 11) is 2.09. The summed E-state index contributed by atoms with van der Waals surface area (Å²) >= 11 is 5.13. The first kappa shape index (κ1) is 14.0. The Kier molecular flexibility index (Phi) is 4.52. The average Bonchev–Trinajstić information content (AvgIpc) is 2.26. The minimum atomic E-state index is 0.450. The van der Waals surface area contributed by atoms with Crippen LogP contribution >= 0.6 is 12.2 Å². The number of nitrogens with two attached hydrogens (primary N) is 1. The van der Waals surface area contributed by atoms with Crippen LogP contribution in [-0.4, -0.2) is 18.1 Å². The molecule has 0 spiro atoms. The Balaban J connectivity index is 3.17. The Labute approximate surface area is 110 Å². The second kappa shape index (κ2) is 5.50. The number of thiocarbonyl (C=S) groups is 1. The van der Waals surface area contributed by atoms with Crippen LogP contribution in [0.15, 0.2) is 18.2 Å². The van der Waals surface area contributed by atoms with Crippen molar-refractivity contribution in [1.82, 2.24) is 0 Å². The molecular weight excluding hydrogens is 228 g/mol. The summed E-state index contributed by atoms with van der Waals surface area (Å²) < 4.78 is 0. The third kappa shape index (κ3) is 3.19. The van der Waals surface area contributed by atoms with E-state index in [0.717, 1.165) is 11.3 Å². The van der Waals surface area contributed by atoms with Gasteiger partial charge in [-0.05, 0) is 31.9 Å². The molecule has 0 radical (unpaired) electrons. The molecule has 0 aliphatic heterocycles. The molecule has 3 heteroatoms. The summed E-state index contributed by atoms with van der Waals surface area (Å²) in [6.07, 6.45) is 0. The second-order valence-electron chi connectivity index (χ2n) is 4.98. The molecule has 0 amide bonds. The van der Waals surface area contributed by atoms with Crippen molar-refractivity contribution in [3.05, 3.63) is 29.3 Å². The Hall–Kier alpha value is -1.09. The quantitative estimate of drug-likeness (QED) is 0.833. The smallest absolute Gasteiger partial charge is 0.106 e. The Morgan fingerprint density at radius 3 is 2.35 bits per heavy atom. The number of benzene rings is 1. The van der Waals surface area contributed by atoms with Gasteiger partial charge in [0.15, 0.2) is 0 Å². The highest BCUT2D eigenvalue weighted by atomic mass is 32.1. The molecule has 0 aliphatic rings. The highest BCUT2D eigenvalue weighted by Gasteiger charge is 2.17. The fourth-order valence-corrected chi connectivity index (χ4v) is 1.98. The first-order valence-corrected chi connectivity index (χ1v) is 6.38. The third-order valence-electron chi connectivity index (χ3n) is 3.37. The number of rotatable bonds is 4. The van der Waals surface area contributed by atoms with E-state index in [1.807, 2.05) is 0 Å². The van der Waals surface area contributed by atoms with E-state index < -0.39 is 0 Å². The standard InChI is InChI=1S/C14H22N2S/c1-9(2)11(4)16(5)13-7-6-10(3)8-12(13)14(15)17/h6-9,11H,1-5H3,(H2,15,17). The van der Waals surface area contributed by atoms with Crippen LogP contribution in [0, 0.1) is 12.8 Å². The van der Waals surface area contributed by atoms with Crippen LogP contribution in [0.5, 0.6) is 0 Å². The monoisotopic (exact) mass is 250 g/mol. The van der Waals surface area contributed by atoms with Crippen LogP contribution in [0.1, 0.15) is 31.9 Å². The molecule has 0 saturated carbocycles. The number of nitrogens with zero attached hydrogens (tertiary/aromatic N) is 1. The van der Waals surface area contributed by atoms with E-state index in [1.54, 1.807) is 0 Å². The van der Waals surface area contributed by atoms with Crippen molar-refractivity contribution in [2.24, 2.45) is 11.7 Å². The zero-order chi connectivity index (χ0) is 13.2. The average molecular weight is 250 g/mol. The van der Waals surface area contributed by atoms with Gasteiger partial charge in [-0.3, -0.25) is 0 Å². The number of hydrogen-bond donors (Lipinski definition) is 1. The summed E-state index contributed by atoms with van der Waals surface area (Å²) in [6.45, 7) is 8.71. The molecule has 0 heterocycles. The van der Waals surface area contributed by atoms with Crippen LogP contribution < -0.4 is 10.6 Å². The molecule has 1 aromatic rings. The van der Waals surface area contributed by atoms with Gasteiger partial charge in [-0.15, -0.1) is 0 Å². The van der Waals surface area contributed by atoms with Crippen molar-refractivity contribution in [3.63, 3.8) is 0 Å². The summed E-state index contributed by atoms with van der Waals surface area (Å²) in [5.74, 6) is 0.584. The second-order valence-corrected chi connectivity index (χ2v) is 5.42. The van der Waals surface area contributed by atoms with E-state index in [1.165, 1.54) is 5.56 Å². The predicted molar refractivity (Wildman–Crippen MR) is 79.8 cm³/mol. The van der Waals surface area contributed by atoms with Crippen molar-refractivity contribution in [1.29, 1.82) is 0 Å². The van der Waals surface area contributed by atoms with Gasteiger partial charge in [0, 0.05) is 24.3 Å². The highest BCUT2D eigenvalue weighted by molar-refractivity contribution is 7.80. The molecule has 1 aromatic carbocycles. The first-order chi connectivity index (χ1) is 7.84. The van der Waals surface area contributed by atoms with Crippen molar-refractivity contribution in [2.45, 2.75) is 33.7 Å². The van der Waals surface area contributed by atoms with Gasteiger partial charge in [-0.2, -0.15) is 0 Å². The van der Waals surface area contributed by atoms with Crippen LogP contribution in [0.25, 0.3) is 0 Å². The molecule has 1 unspecified atom stereocenters. The van der Waals surface area contributed by atoms with Crippen LogP contribution in [-0.2, 0) is 0 Å². The van der Waals surface area contributed by atoms with Crippen molar-refractivity contribution >= 4 is 22.9 Å². The lowest BCUT2D eigenvalue weighted by molar-refractivity contribution is 0.505. The SMILES string of the molecule is Cc1ccc(N(C)C(C)C(C)C)c(C(N)=S)c1. The normalized spacial score (nSPS) is 12.6. The summed E-state index contributed by atoms with van der Waals surface area (Å²) in [6, 6.07) is 6.70. The Morgan fingerprint density at radius 1 is 1.29 bits per heavy atom. The van der Waals surface area contributed by atoms with Crippen molar-refractivity contribution < 1.29 is 0 Å². The summed E-state index contributed by atoms with van der Waals surface area (Å²) in [5, 5.41) is 0. The molecule has 94 valence electrons. The van der Waals surface area contributed by atoms with E-state index >= 15 is 0 Å². The van der Waals surface area contributed by atoms with Crippen LogP contribution in [0.4, 0.5) is 5.69 Å². The van der Waals surface area contributed by atoms with E-state index in [2.05, 4.69) is 57.8 Å². The van der Waals surface area contributed by atoms with E-state index in [9.17, 15) is 0 Å². The van der Waals surface area contributed by atoms with Gasteiger partial charge in [-0.1, -0.05) is 37.7 Å². The van der Waals surface area contributed by atoms with Crippen LogP contribution in [0.2, 0.25) is 0 Å². The Morgan fingerprint density at radius 2 is 1.88 bits per heavy atom. The van der Waals surface area contributed by atoms with Crippen molar-refractivity contribution in [2.75, 3.05) is 11.9 Å². The summed E-state index contributed by atoms with van der Waals surface area (Å²) in [5.41, 5.74) is 9.07. The minimum Gasteiger partial charge on any atom is -0.389 e. The zero-order valence-corrected chi connectivity index (χ0v) is 12.1. The minimum absolute atomic E-state index is 0.450. The lowest BCUT2D eigenvalue weighted by atomic mass is 10.0. The molecule has 0 aliphatic carbocycles. The molecule has 0 aromatic heterocycles. The molecule has 2 N–H and O–H groups in total. The number of hydrogen-bond acceptors (Lipinski definition) is 2. The fourth-order valence-electron chi connectivity index (χ4n) is 1.82. The van der Waals surface area contributed by atoms with Gasteiger partial charge in [0.25, 0.3) is 0 Å². The van der Waals surface area contributed by atoms with E-state index in [0.29, 0.717) is 16.9 Å². The van der Waals surface area contributed by atoms with Gasteiger partial charge in [0.2, 0.25) is 0 Å². The molecule has 2 nitrogen and oxygen atoms in total. The lowest BCUT2D eigenvalue weighted by Gasteiger charge is -2.31. The molecule has 0 bridgehead atoms. The molecule has 0 saturated heterocycles. The zero-order valence-electron chi connectivity index (χ0n) is 11.3. The van der Waals surface area contributed by atoms with E-state index in [4.69, 9.17) is 18.0 Å². The van der Waals surface area contributed by atoms with Crippen LogP contribution in [0.3, 0.4) is 0 Å². The van der Waals surface area contributed by atoms with Gasteiger partial charge >= 0.3 is 0 Å². The summed E-state index contributed by atoms with van der Waals surface area (Å²) in [4.78, 5) is 2.71. The van der Waals surface area contributed by atoms with E-state index in [-0.39, 0.29) is 0 Å². The molecule has 17 heavy (non-hydrogen) atoms. The fraction of sp³-hybridized carbons (Fsp3) is 0.500. The van der Waals surface area contributed by atoms with Gasteiger partial charge < -0.3 is 10.6 Å². The maximum atomic E-state index is 5.80. The lowest BCUT2D eigenvalue weighted by Crippen LogP contribution is -2.34. The number of aryl methyl sites for hydroxylation is 1. The molecular formula is C14H22N2S. The molecule has 0 fully saturated rings. The maximum absolute atomic E-state index is 5.80. The Bertz CT molecular complexity index is 413.